The number of halogens is 1. The first-order chi connectivity index (χ1) is 9.11. The maximum absolute atomic E-state index is 13.1. The van der Waals surface area contributed by atoms with E-state index in [1.165, 1.54) is 0 Å². The van der Waals surface area contributed by atoms with E-state index < -0.39 is 11.8 Å². The third kappa shape index (κ3) is 3.22. The van der Waals surface area contributed by atoms with Crippen molar-refractivity contribution in [2.75, 3.05) is 18.0 Å². The van der Waals surface area contributed by atoms with Gasteiger partial charge in [0.15, 0.2) is 0 Å². The van der Waals surface area contributed by atoms with Gasteiger partial charge in [-0.1, -0.05) is 13.3 Å². The summed E-state index contributed by atoms with van der Waals surface area (Å²) in [5.74, 6) is -0.648. The smallest absolute Gasteiger partial charge is 0.339 e. The van der Waals surface area contributed by atoms with Gasteiger partial charge in [0.25, 0.3) is 0 Å². The number of pyridine rings is 1. The molecule has 1 saturated heterocycles. The van der Waals surface area contributed by atoms with Crippen molar-refractivity contribution in [1.82, 2.24) is 4.98 Å². The quantitative estimate of drug-likeness (QED) is 0.914. The van der Waals surface area contributed by atoms with E-state index >= 15 is 0 Å². The highest BCUT2D eigenvalue weighted by Crippen LogP contribution is 2.25. The lowest BCUT2D eigenvalue weighted by Gasteiger charge is -2.23. The van der Waals surface area contributed by atoms with Crippen LogP contribution in [0.4, 0.5) is 10.2 Å². The number of carboxylic acids is 1. The van der Waals surface area contributed by atoms with Crippen LogP contribution in [0.2, 0.25) is 0 Å². The lowest BCUT2D eigenvalue weighted by atomic mass is 9.98. The second kappa shape index (κ2) is 5.99. The first-order valence-electron chi connectivity index (χ1n) is 6.75. The summed E-state index contributed by atoms with van der Waals surface area (Å²) in [5, 5.41) is 9.16. The Kier molecular flexibility index (Phi) is 4.35. The summed E-state index contributed by atoms with van der Waals surface area (Å²) in [4.78, 5) is 17.1. The van der Waals surface area contributed by atoms with Crippen molar-refractivity contribution in [1.29, 1.82) is 0 Å². The molecule has 1 aliphatic rings. The molecule has 1 aliphatic heterocycles. The summed E-state index contributed by atoms with van der Waals surface area (Å²) in [6.45, 7) is 3.76. The van der Waals surface area contributed by atoms with Crippen LogP contribution in [0.25, 0.3) is 0 Å². The number of anilines is 1. The average molecular weight is 266 g/mol. The van der Waals surface area contributed by atoms with Crippen molar-refractivity contribution in [3.63, 3.8) is 0 Å². The van der Waals surface area contributed by atoms with Gasteiger partial charge in [-0.05, 0) is 31.2 Å². The third-order valence-corrected chi connectivity index (χ3v) is 3.79. The number of rotatable bonds is 3. The van der Waals surface area contributed by atoms with Gasteiger partial charge in [0.1, 0.15) is 17.2 Å². The molecule has 0 aromatic carbocycles. The van der Waals surface area contributed by atoms with Crippen LogP contribution >= 0.6 is 0 Å². The topological polar surface area (TPSA) is 53.4 Å². The van der Waals surface area contributed by atoms with E-state index in [4.69, 9.17) is 5.11 Å². The highest BCUT2D eigenvalue weighted by molar-refractivity contribution is 5.93. The molecular formula is C14H19FN2O2. The Morgan fingerprint density at radius 2 is 2.32 bits per heavy atom. The molecule has 0 bridgehead atoms. The lowest BCUT2D eigenvalue weighted by molar-refractivity contribution is 0.0696. The molecule has 2 rings (SSSR count). The van der Waals surface area contributed by atoms with Crippen molar-refractivity contribution in [3.8, 4) is 0 Å². The minimum atomic E-state index is -1.13. The van der Waals surface area contributed by atoms with E-state index in [2.05, 4.69) is 11.9 Å². The predicted octanol–water partition coefficient (Wildman–Crippen LogP) is 2.94. The van der Waals surface area contributed by atoms with Gasteiger partial charge in [-0.25, -0.2) is 14.2 Å². The van der Waals surface area contributed by atoms with E-state index in [1.54, 1.807) is 0 Å². The molecule has 4 nitrogen and oxygen atoms in total. The first-order valence-corrected chi connectivity index (χ1v) is 6.75. The Balaban J connectivity index is 2.23. The second-order valence-electron chi connectivity index (χ2n) is 5.02. The Morgan fingerprint density at radius 1 is 1.53 bits per heavy atom. The van der Waals surface area contributed by atoms with Gasteiger partial charge in [-0.2, -0.15) is 0 Å². The zero-order valence-electron chi connectivity index (χ0n) is 11.1. The van der Waals surface area contributed by atoms with Crippen LogP contribution in [0.15, 0.2) is 12.3 Å². The summed E-state index contributed by atoms with van der Waals surface area (Å²) in [7, 11) is 0. The third-order valence-electron chi connectivity index (χ3n) is 3.79. The van der Waals surface area contributed by atoms with Crippen LogP contribution in [0, 0.1) is 11.7 Å². The zero-order chi connectivity index (χ0) is 13.8. The van der Waals surface area contributed by atoms with E-state index in [-0.39, 0.29) is 5.56 Å². The number of hydrogen-bond donors (Lipinski definition) is 1. The largest absolute Gasteiger partial charge is 0.478 e. The maximum atomic E-state index is 13.1. The molecule has 1 atom stereocenters. The Hall–Kier alpha value is -1.65. The van der Waals surface area contributed by atoms with Crippen molar-refractivity contribution in [2.24, 2.45) is 5.92 Å². The normalized spacial score (nSPS) is 20.1. The molecule has 1 unspecified atom stereocenters. The second-order valence-corrected chi connectivity index (χ2v) is 5.02. The van der Waals surface area contributed by atoms with E-state index in [0.29, 0.717) is 11.7 Å². The molecule has 0 aliphatic carbocycles. The van der Waals surface area contributed by atoms with Gasteiger partial charge in [0.2, 0.25) is 0 Å². The number of aromatic carboxylic acids is 1. The monoisotopic (exact) mass is 266 g/mol. The van der Waals surface area contributed by atoms with Gasteiger partial charge >= 0.3 is 5.97 Å². The van der Waals surface area contributed by atoms with Crippen LogP contribution in [0.5, 0.6) is 0 Å². The molecule has 1 fully saturated rings. The van der Waals surface area contributed by atoms with Crippen molar-refractivity contribution in [2.45, 2.75) is 32.6 Å². The van der Waals surface area contributed by atoms with E-state index in [9.17, 15) is 9.18 Å². The Labute approximate surface area is 112 Å². The fourth-order valence-electron chi connectivity index (χ4n) is 2.63. The van der Waals surface area contributed by atoms with Crippen LogP contribution < -0.4 is 4.90 Å². The van der Waals surface area contributed by atoms with Crippen molar-refractivity contribution >= 4 is 11.8 Å². The molecule has 5 heteroatoms. The molecule has 0 amide bonds. The molecule has 2 heterocycles. The van der Waals surface area contributed by atoms with E-state index in [0.717, 1.165) is 51.0 Å². The number of carbonyl (C=O) groups is 1. The van der Waals surface area contributed by atoms with Gasteiger partial charge in [0, 0.05) is 13.1 Å². The van der Waals surface area contributed by atoms with Crippen LogP contribution in [-0.2, 0) is 0 Å². The molecule has 0 spiro atoms. The number of nitrogens with zero attached hydrogens (tertiary/aromatic N) is 2. The SMILES string of the molecule is CCC1CCCN(c2ncc(F)cc2C(=O)O)CC1. The number of carboxylic acid groups (broad SMARTS) is 1. The molecule has 1 N–H and O–H groups in total. The van der Waals surface area contributed by atoms with Crippen molar-refractivity contribution < 1.29 is 14.3 Å². The molecule has 1 aromatic rings. The fourth-order valence-corrected chi connectivity index (χ4v) is 2.63. The first kappa shape index (κ1) is 13.8. The molecule has 1 aromatic heterocycles. The van der Waals surface area contributed by atoms with Gasteiger partial charge in [-0.15, -0.1) is 0 Å². The van der Waals surface area contributed by atoms with Crippen LogP contribution in [0.3, 0.4) is 0 Å². The Morgan fingerprint density at radius 3 is 3.00 bits per heavy atom. The van der Waals surface area contributed by atoms with E-state index in [1.807, 2.05) is 4.90 Å². The molecule has 104 valence electrons. The molecule has 0 saturated carbocycles. The summed E-state index contributed by atoms with van der Waals surface area (Å²) in [6, 6.07) is 1.05. The molecular weight excluding hydrogens is 247 g/mol. The standard InChI is InChI=1S/C14H19FN2O2/c1-2-10-4-3-6-17(7-5-10)13-12(14(18)19)8-11(15)9-16-13/h8-10H,2-7H2,1H3,(H,18,19). The van der Waals surface area contributed by atoms with Gasteiger partial charge in [-0.3, -0.25) is 0 Å². The summed E-state index contributed by atoms with van der Waals surface area (Å²) in [5.41, 5.74) is -0.0463. The average Bonchev–Trinajstić information content (AvgIpc) is 2.63. The Bertz CT molecular complexity index is 465. The van der Waals surface area contributed by atoms with Crippen molar-refractivity contribution in [3.05, 3.63) is 23.6 Å². The minimum absolute atomic E-state index is 0.0463. The predicted molar refractivity (Wildman–Crippen MR) is 71.0 cm³/mol. The number of hydrogen-bond acceptors (Lipinski definition) is 3. The summed E-state index contributed by atoms with van der Waals surface area (Å²) in [6.07, 6.45) is 5.46. The highest BCUT2D eigenvalue weighted by atomic mass is 19.1. The lowest BCUT2D eigenvalue weighted by Crippen LogP contribution is -2.27. The van der Waals surface area contributed by atoms with Gasteiger partial charge < -0.3 is 10.0 Å². The number of aromatic nitrogens is 1. The molecule has 19 heavy (non-hydrogen) atoms. The van der Waals surface area contributed by atoms with Crippen LogP contribution in [-0.4, -0.2) is 29.1 Å². The maximum Gasteiger partial charge on any atom is 0.339 e. The van der Waals surface area contributed by atoms with Crippen LogP contribution in [0.1, 0.15) is 43.0 Å². The summed E-state index contributed by atoms with van der Waals surface area (Å²) >= 11 is 0. The fraction of sp³-hybridized carbons (Fsp3) is 0.571. The molecule has 0 radical (unpaired) electrons. The zero-order valence-corrected chi connectivity index (χ0v) is 11.1. The minimum Gasteiger partial charge on any atom is -0.478 e. The highest BCUT2D eigenvalue weighted by Gasteiger charge is 2.22. The van der Waals surface area contributed by atoms with Gasteiger partial charge in [0.05, 0.1) is 6.20 Å². The summed E-state index contributed by atoms with van der Waals surface area (Å²) < 4.78 is 13.1.